The number of aromatic amines is 1. The van der Waals surface area contributed by atoms with E-state index in [1.807, 2.05) is 11.8 Å². The molecule has 82 valence electrons. The molecule has 0 fully saturated rings. The molecule has 2 aromatic rings. The van der Waals surface area contributed by atoms with Crippen LogP contribution in [0.3, 0.4) is 0 Å². The normalized spacial score (nSPS) is 18.6. The molecule has 16 heavy (non-hydrogen) atoms. The number of H-pyrrole nitrogens is 1. The Kier molecular flexibility index (Phi) is 2.59. The highest BCUT2D eigenvalue weighted by Gasteiger charge is 2.22. The van der Waals surface area contributed by atoms with Crippen LogP contribution in [-0.4, -0.2) is 26.4 Å². The van der Waals surface area contributed by atoms with Gasteiger partial charge in [0.2, 0.25) is 0 Å². The fourth-order valence-corrected chi connectivity index (χ4v) is 3.00. The number of benzene rings is 1. The molecule has 1 aliphatic heterocycles. The van der Waals surface area contributed by atoms with Gasteiger partial charge in [0.15, 0.2) is 5.82 Å². The summed E-state index contributed by atoms with van der Waals surface area (Å²) in [5.41, 5.74) is 1.37. The van der Waals surface area contributed by atoms with Crippen LogP contribution >= 0.6 is 11.8 Å². The summed E-state index contributed by atoms with van der Waals surface area (Å²) in [5.74, 6) is 1.77. The molecule has 1 aromatic heterocycles. The van der Waals surface area contributed by atoms with E-state index in [1.165, 1.54) is 10.5 Å². The average molecular weight is 233 g/mol. The predicted molar refractivity (Wildman–Crippen MR) is 60.9 cm³/mol. The molecule has 0 radical (unpaired) electrons. The quantitative estimate of drug-likeness (QED) is 0.832. The van der Waals surface area contributed by atoms with Crippen LogP contribution in [0.5, 0.6) is 0 Å². The molecular weight excluding hydrogens is 222 g/mol. The summed E-state index contributed by atoms with van der Waals surface area (Å²) in [6, 6.07) is 8.88. The van der Waals surface area contributed by atoms with Crippen molar-refractivity contribution in [2.75, 3.05) is 5.75 Å². The minimum Gasteiger partial charge on any atom is -0.302 e. The van der Waals surface area contributed by atoms with Crippen LogP contribution in [0, 0.1) is 0 Å². The van der Waals surface area contributed by atoms with Crippen molar-refractivity contribution in [3.8, 4) is 0 Å². The first kappa shape index (κ1) is 9.80. The summed E-state index contributed by atoms with van der Waals surface area (Å²) < 4.78 is 0. The number of aromatic nitrogens is 4. The van der Waals surface area contributed by atoms with Gasteiger partial charge in [-0.15, -0.1) is 22.0 Å². The molecular formula is C10H11N5S. The van der Waals surface area contributed by atoms with Gasteiger partial charge >= 0.3 is 0 Å². The lowest BCUT2D eigenvalue weighted by Gasteiger charge is -2.10. The van der Waals surface area contributed by atoms with Crippen molar-refractivity contribution in [3.05, 3.63) is 35.7 Å². The van der Waals surface area contributed by atoms with Gasteiger partial charge in [-0.05, 0) is 11.6 Å². The Morgan fingerprint density at radius 3 is 3.25 bits per heavy atom. The van der Waals surface area contributed by atoms with E-state index in [0.29, 0.717) is 18.4 Å². The summed E-state index contributed by atoms with van der Waals surface area (Å²) in [6.07, 6.45) is 0. The Hall–Kier alpha value is -1.40. The zero-order chi connectivity index (χ0) is 10.8. The van der Waals surface area contributed by atoms with Crippen molar-refractivity contribution in [2.45, 2.75) is 17.5 Å². The second-order valence-electron chi connectivity index (χ2n) is 3.61. The first-order valence-electron chi connectivity index (χ1n) is 5.11. The van der Waals surface area contributed by atoms with Crippen molar-refractivity contribution in [2.24, 2.45) is 0 Å². The third-order valence-electron chi connectivity index (χ3n) is 2.60. The van der Waals surface area contributed by atoms with Gasteiger partial charge in [0.25, 0.3) is 0 Å². The lowest BCUT2D eigenvalue weighted by Crippen LogP contribution is -2.21. The Morgan fingerprint density at radius 1 is 1.44 bits per heavy atom. The molecule has 1 aliphatic rings. The number of hydrogen-bond acceptors (Lipinski definition) is 5. The standard InChI is InChI=1S/C10H11N5S/c1-2-4-9-7(3-1)8(6-16-9)11-5-10-12-14-15-13-10/h1-4,8,11H,5-6H2,(H,12,13,14,15). The molecule has 2 N–H and O–H groups in total. The van der Waals surface area contributed by atoms with Crippen molar-refractivity contribution < 1.29 is 0 Å². The number of hydrogen-bond donors (Lipinski definition) is 2. The van der Waals surface area contributed by atoms with Gasteiger partial charge in [0.1, 0.15) is 0 Å². The lowest BCUT2D eigenvalue weighted by molar-refractivity contribution is 0.568. The lowest BCUT2D eigenvalue weighted by atomic mass is 10.1. The van der Waals surface area contributed by atoms with Crippen LogP contribution in [0.2, 0.25) is 0 Å². The van der Waals surface area contributed by atoms with Crippen LogP contribution in [0.1, 0.15) is 17.4 Å². The van der Waals surface area contributed by atoms with Gasteiger partial charge < -0.3 is 5.32 Å². The van der Waals surface area contributed by atoms with Crippen LogP contribution in [0.15, 0.2) is 29.2 Å². The smallest absolute Gasteiger partial charge is 0.188 e. The minimum absolute atomic E-state index is 0.389. The van der Waals surface area contributed by atoms with E-state index in [1.54, 1.807) is 0 Å². The fraction of sp³-hybridized carbons (Fsp3) is 0.300. The summed E-state index contributed by atoms with van der Waals surface area (Å²) in [7, 11) is 0. The summed E-state index contributed by atoms with van der Waals surface area (Å²) in [6.45, 7) is 0.649. The fourth-order valence-electron chi connectivity index (χ4n) is 1.80. The number of fused-ring (bicyclic) bond motifs is 1. The number of rotatable bonds is 3. The Morgan fingerprint density at radius 2 is 2.38 bits per heavy atom. The highest BCUT2D eigenvalue weighted by molar-refractivity contribution is 7.99. The third kappa shape index (κ3) is 1.81. The number of thioether (sulfide) groups is 1. The van der Waals surface area contributed by atoms with Gasteiger partial charge in [-0.2, -0.15) is 5.21 Å². The molecule has 6 heteroatoms. The van der Waals surface area contributed by atoms with E-state index in [-0.39, 0.29) is 0 Å². The van der Waals surface area contributed by atoms with E-state index in [0.717, 1.165) is 5.75 Å². The monoisotopic (exact) mass is 233 g/mol. The largest absolute Gasteiger partial charge is 0.302 e. The maximum Gasteiger partial charge on any atom is 0.188 e. The maximum absolute atomic E-state index is 3.92. The van der Waals surface area contributed by atoms with E-state index >= 15 is 0 Å². The highest BCUT2D eigenvalue weighted by atomic mass is 32.2. The molecule has 5 nitrogen and oxygen atoms in total. The maximum atomic E-state index is 3.92. The number of tetrazole rings is 1. The Labute approximate surface area is 97.0 Å². The van der Waals surface area contributed by atoms with Gasteiger partial charge in [-0.25, -0.2) is 0 Å². The summed E-state index contributed by atoms with van der Waals surface area (Å²) in [5, 5.41) is 17.2. The highest BCUT2D eigenvalue weighted by Crippen LogP contribution is 2.37. The van der Waals surface area contributed by atoms with Crippen molar-refractivity contribution >= 4 is 11.8 Å². The molecule has 0 saturated heterocycles. The molecule has 0 spiro atoms. The van der Waals surface area contributed by atoms with Gasteiger partial charge in [0.05, 0.1) is 6.54 Å². The zero-order valence-electron chi connectivity index (χ0n) is 8.55. The molecule has 0 saturated carbocycles. The van der Waals surface area contributed by atoms with E-state index in [9.17, 15) is 0 Å². The molecule has 3 rings (SSSR count). The molecule has 1 aromatic carbocycles. The topological polar surface area (TPSA) is 66.5 Å². The van der Waals surface area contributed by atoms with Crippen molar-refractivity contribution in [3.63, 3.8) is 0 Å². The first-order chi connectivity index (χ1) is 7.93. The van der Waals surface area contributed by atoms with Crippen molar-refractivity contribution in [1.29, 1.82) is 0 Å². The third-order valence-corrected chi connectivity index (χ3v) is 3.78. The number of nitrogens with zero attached hydrogens (tertiary/aromatic N) is 3. The average Bonchev–Trinajstić information content (AvgIpc) is 2.96. The van der Waals surface area contributed by atoms with Crippen LogP contribution in [0.25, 0.3) is 0 Å². The zero-order valence-corrected chi connectivity index (χ0v) is 9.37. The van der Waals surface area contributed by atoms with Gasteiger partial charge in [0, 0.05) is 16.7 Å². The second-order valence-corrected chi connectivity index (χ2v) is 4.67. The van der Waals surface area contributed by atoms with E-state index in [4.69, 9.17) is 0 Å². The minimum atomic E-state index is 0.389. The molecule has 2 heterocycles. The molecule has 0 bridgehead atoms. The molecule has 1 unspecified atom stereocenters. The van der Waals surface area contributed by atoms with E-state index < -0.39 is 0 Å². The summed E-state index contributed by atoms with van der Waals surface area (Å²) in [4.78, 5) is 1.37. The van der Waals surface area contributed by atoms with Crippen LogP contribution in [-0.2, 0) is 6.54 Å². The van der Waals surface area contributed by atoms with Gasteiger partial charge in [-0.1, -0.05) is 23.4 Å². The summed E-state index contributed by atoms with van der Waals surface area (Å²) >= 11 is 1.89. The molecule has 0 aliphatic carbocycles. The second kappa shape index (κ2) is 4.23. The van der Waals surface area contributed by atoms with Crippen LogP contribution in [0.4, 0.5) is 0 Å². The molecule has 1 atom stereocenters. The van der Waals surface area contributed by atoms with E-state index in [2.05, 4.69) is 50.2 Å². The van der Waals surface area contributed by atoms with Crippen molar-refractivity contribution in [1.82, 2.24) is 25.9 Å². The SMILES string of the molecule is c1ccc2c(c1)SCC2NCc1nn[nH]n1. The molecule has 0 amide bonds. The van der Waals surface area contributed by atoms with Crippen LogP contribution < -0.4 is 5.32 Å². The first-order valence-corrected chi connectivity index (χ1v) is 6.09. The van der Waals surface area contributed by atoms with Gasteiger partial charge in [-0.3, -0.25) is 0 Å². The Bertz CT molecular complexity index is 470. The predicted octanol–water partition coefficient (Wildman–Crippen LogP) is 1.14. The number of nitrogens with one attached hydrogen (secondary N) is 2. The Balaban J connectivity index is 1.69.